The lowest BCUT2D eigenvalue weighted by Gasteiger charge is -2.33. The number of carbonyl (C=O) groups is 1. The molecule has 2 aliphatic heterocycles. The van der Waals surface area contributed by atoms with E-state index in [1.807, 2.05) is 0 Å². The average molecular weight is 389 g/mol. The molecule has 1 aliphatic carbocycles. The van der Waals surface area contributed by atoms with Gasteiger partial charge in [0.05, 0.1) is 0 Å². The molecule has 3 rings (SSSR count). The van der Waals surface area contributed by atoms with Crippen molar-refractivity contribution in [3.05, 3.63) is 35.5 Å². The van der Waals surface area contributed by atoms with Gasteiger partial charge in [0.2, 0.25) is 0 Å². The first-order valence-electron chi connectivity index (χ1n) is 8.09. The zero-order valence-corrected chi connectivity index (χ0v) is 14.7. The van der Waals surface area contributed by atoms with Crippen molar-refractivity contribution in [2.24, 2.45) is 4.99 Å². The SMILES string of the molecule is C=CS(=O)N1CCC2(CC1)N=C(C1=CC(OC(F)(F)F)=CCC1)NC2=O. The van der Waals surface area contributed by atoms with Gasteiger partial charge in [0, 0.05) is 18.5 Å². The number of rotatable bonds is 4. The Hall–Kier alpha value is -1.94. The minimum Gasteiger partial charge on any atom is -0.406 e. The molecule has 0 bridgehead atoms. The monoisotopic (exact) mass is 389 g/mol. The first kappa shape index (κ1) is 18.8. The van der Waals surface area contributed by atoms with Crippen LogP contribution in [0, 0.1) is 0 Å². The Bertz CT molecular complexity index is 735. The van der Waals surface area contributed by atoms with Gasteiger partial charge in [-0.1, -0.05) is 6.58 Å². The van der Waals surface area contributed by atoms with Crippen LogP contribution in [0.25, 0.3) is 0 Å². The number of hydrogen-bond acceptors (Lipinski definition) is 4. The maximum Gasteiger partial charge on any atom is 0.573 e. The second-order valence-corrected chi connectivity index (χ2v) is 7.58. The van der Waals surface area contributed by atoms with Crippen LogP contribution in [0.1, 0.15) is 25.7 Å². The Balaban J connectivity index is 1.75. The largest absolute Gasteiger partial charge is 0.573 e. The van der Waals surface area contributed by atoms with Crippen molar-refractivity contribution < 1.29 is 26.9 Å². The highest BCUT2D eigenvalue weighted by molar-refractivity contribution is 7.85. The number of nitrogens with one attached hydrogen (secondary N) is 1. The molecule has 0 radical (unpaired) electrons. The quantitative estimate of drug-likeness (QED) is 0.802. The van der Waals surface area contributed by atoms with E-state index < -0.39 is 22.9 Å². The van der Waals surface area contributed by atoms with Crippen LogP contribution in [0.5, 0.6) is 0 Å². The van der Waals surface area contributed by atoms with E-state index >= 15 is 0 Å². The van der Waals surface area contributed by atoms with Crippen molar-refractivity contribution in [1.29, 1.82) is 0 Å². The van der Waals surface area contributed by atoms with E-state index in [1.54, 1.807) is 4.31 Å². The molecule has 0 aromatic carbocycles. The lowest BCUT2D eigenvalue weighted by molar-refractivity contribution is -0.303. The fourth-order valence-electron chi connectivity index (χ4n) is 3.21. The number of aliphatic imine (C=N–C) groups is 1. The van der Waals surface area contributed by atoms with Gasteiger partial charge in [-0.2, -0.15) is 0 Å². The molecule has 1 spiro atoms. The van der Waals surface area contributed by atoms with E-state index in [2.05, 4.69) is 21.6 Å². The number of piperidine rings is 1. The van der Waals surface area contributed by atoms with Crippen LogP contribution in [-0.2, 0) is 20.5 Å². The summed E-state index contributed by atoms with van der Waals surface area (Å²) >= 11 is 0. The summed E-state index contributed by atoms with van der Waals surface area (Å²) in [5.41, 5.74) is -0.446. The number of amidine groups is 1. The van der Waals surface area contributed by atoms with E-state index in [0.717, 1.165) is 0 Å². The predicted molar refractivity (Wildman–Crippen MR) is 90.0 cm³/mol. The molecule has 1 amide bonds. The summed E-state index contributed by atoms with van der Waals surface area (Å²) in [6.07, 6.45) is -0.545. The van der Waals surface area contributed by atoms with E-state index in [9.17, 15) is 22.2 Å². The standard InChI is InChI=1S/C16H18F3N3O3S/c1-2-26(24)22-8-6-15(7-9-22)14(23)20-13(21-15)11-4-3-5-12(10-11)25-16(17,18)19/h2,5,10H,1,3-4,6-9H2,(H,20,21,23). The van der Waals surface area contributed by atoms with E-state index in [0.29, 0.717) is 50.2 Å². The number of hydrogen-bond donors (Lipinski definition) is 1. The molecule has 1 saturated heterocycles. The molecule has 3 aliphatic rings. The number of nitrogens with zero attached hydrogens (tertiary/aromatic N) is 2. The third-order valence-corrected chi connectivity index (χ3v) is 5.70. The molecule has 10 heteroatoms. The van der Waals surface area contributed by atoms with Crippen LogP contribution in [0.4, 0.5) is 13.2 Å². The van der Waals surface area contributed by atoms with Crippen molar-refractivity contribution in [2.75, 3.05) is 13.1 Å². The second-order valence-electron chi connectivity index (χ2n) is 6.18. The lowest BCUT2D eigenvalue weighted by Crippen LogP contribution is -2.49. The summed E-state index contributed by atoms with van der Waals surface area (Å²) in [6, 6.07) is 0. The number of halogens is 3. The van der Waals surface area contributed by atoms with Gasteiger partial charge >= 0.3 is 6.36 Å². The summed E-state index contributed by atoms with van der Waals surface area (Å²) in [5.74, 6) is -0.275. The van der Waals surface area contributed by atoms with Gasteiger partial charge in [-0.05, 0) is 43.4 Å². The summed E-state index contributed by atoms with van der Waals surface area (Å²) in [6.45, 7) is 4.33. The maximum absolute atomic E-state index is 12.5. The third-order valence-electron chi connectivity index (χ3n) is 4.54. The van der Waals surface area contributed by atoms with Gasteiger partial charge in [-0.3, -0.25) is 9.79 Å². The zero-order chi connectivity index (χ0) is 18.9. The molecule has 0 aromatic rings. The highest BCUT2D eigenvalue weighted by Gasteiger charge is 2.46. The van der Waals surface area contributed by atoms with Crippen LogP contribution in [0.3, 0.4) is 0 Å². The molecule has 0 saturated carbocycles. The van der Waals surface area contributed by atoms with E-state index in [-0.39, 0.29) is 11.7 Å². The van der Waals surface area contributed by atoms with Crippen molar-refractivity contribution in [3.63, 3.8) is 0 Å². The van der Waals surface area contributed by atoms with Crippen molar-refractivity contribution in [3.8, 4) is 0 Å². The highest BCUT2D eigenvalue weighted by atomic mass is 32.2. The smallest absolute Gasteiger partial charge is 0.406 e. The molecule has 0 aromatic heterocycles. The number of alkyl halides is 3. The fourth-order valence-corrected chi connectivity index (χ4v) is 3.97. The van der Waals surface area contributed by atoms with Gasteiger partial charge < -0.3 is 10.1 Å². The zero-order valence-electron chi connectivity index (χ0n) is 13.8. The first-order valence-corrected chi connectivity index (χ1v) is 9.26. The normalized spacial score (nSPS) is 24.4. The number of amides is 1. The summed E-state index contributed by atoms with van der Waals surface area (Å²) in [5, 5.41) is 4.03. The molecular weight excluding hydrogens is 371 g/mol. The fraction of sp³-hybridized carbons (Fsp3) is 0.500. The number of ether oxygens (including phenoxy) is 1. The topological polar surface area (TPSA) is 71.0 Å². The van der Waals surface area contributed by atoms with Gasteiger partial charge in [0.15, 0.2) is 0 Å². The predicted octanol–water partition coefficient (Wildman–Crippen LogP) is 2.30. The van der Waals surface area contributed by atoms with Crippen LogP contribution in [0.15, 0.2) is 40.5 Å². The molecule has 6 nitrogen and oxygen atoms in total. The molecule has 26 heavy (non-hydrogen) atoms. The first-order chi connectivity index (χ1) is 12.2. The van der Waals surface area contributed by atoms with Crippen molar-refractivity contribution in [2.45, 2.75) is 37.6 Å². The van der Waals surface area contributed by atoms with Crippen molar-refractivity contribution >= 4 is 22.7 Å². The highest BCUT2D eigenvalue weighted by Crippen LogP contribution is 2.33. The molecule has 1 N–H and O–H groups in total. The van der Waals surface area contributed by atoms with Crippen LogP contribution < -0.4 is 5.32 Å². The number of allylic oxidation sites excluding steroid dienone is 2. The summed E-state index contributed by atoms with van der Waals surface area (Å²) < 4.78 is 54.6. The van der Waals surface area contributed by atoms with Crippen LogP contribution in [-0.4, -0.2) is 45.2 Å². The molecular formula is C16H18F3N3O3S. The lowest BCUT2D eigenvalue weighted by atomic mass is 9.89. The van der Waals surface area contributed by atoms with E-state index in [1.165, 1.54) is 17.6 Å². The number of carbonyl (C=O) groups excluding carboxylic acids is 1. The van der Waals surface area contributed by atoms with Crippen LogP contribution >= 0.6 is 0 Å². The molecule has 1 fully saturated rings. The van der Waals surface area contributed by atoms with Gasteiger partial charge in [-0.25, -0.2) is 8.51 Å². The van der Waals surface area contributed by atoms with Crippen LogP contribution in [0.2, 0.25) is 0 Å². The Labute approximate surface area is 151 Å². The Morgan fingerprint density at radius 1 is 1.38 bits per heavy atom. The minimum atomic E-state index is -4.76. The molecule has 1 unspecified atom stereocenters. The third kappa shape index (κ3) is 3.90. The van der Waals surface area contributed by atoms with E-state index in [4.69, 9.17) is 0 Å². The van der Waals surface area contributed by atoms with Gasteiger partial charge in [0.1, 0.15) is 28.1 Å². The van der Waals surface area contributed by atoms with Gasteiger partial charge in [0.25, 0.3) is 5.91 Å². The summed E-state index contributed by atoms with van der Waals surface area (Å²) in [4.78, 5) is 17.0. The molecule has 2 heterocycles. The minimum absolute atomic E-state index is 0.273. The average Bonchev–Trinajstić information content (AvgIpc) is 2.90. The Morgan fingerprint density at radius 3 is 2.69 bits per heavy atom. The van der Waals surface area contributed by atoms with Gasteiger partial charge in [-0.15, -0.1) is 13.2 Å². The maximum atomic E-state index is 12.5. The second kappa shape index (κ2) is 6.99. The Morgan fingerprint density at radius 2 is 2.08 bits per heavy atom. The van der Waals surface area contributed by atoms with Crippen molar-refractivity contribution in [1.82, 2.24) is 9.62 Å². The molecule has 1 atom stereocenters. The molecule has 142 valence electrons. The Kier molecular flexibility index (Phi) is 5.07. The summed E-state index contributed by atoms with van der Waals surface area (Å²) in [7, 11) is -1.29.